The molecule has 1 aromatic heterocycles. The highest BCUT2D eigenvalue weighted by atomic mass is 35.5. The predicted octanol–water partition coefficient (Wildman–Crippen LogP) is 5.53. The lowest BCUT2D eigenvalue weighted by Crippen LogP contribution is -2.14. The van der Waals surface area contributed by atoms with Crippen LogP contribution in [0.25, 0.3) is 11.4 Å². The van der Waals surface area contributed by atoms with E-state index >= 15 is 0 Å². The Balaban J connectivity index is 1.91. The summed E-state index contributed by atoms with van der Waals surface area (Å²) in [5.41, 5.74) is 5.78. The molecule has 4 heteroatoms. The summed E-state index contributed by atoms with van der Waals surface area (Å²) in [6.07, 6.45) is 0.837. The SMILES string of the molecule is Cc1ccc2c(c1)C(C)Cc1c(Cl)nc(-c3ccccc3)nc1N2C. The molecule has 3 nitrogen and oxygen atoms in total. The van der Waals surface area contributed by atoms with Gasteiger partial charge in [-0.05, 0) is 30.9 Å². The van der Waals surface area contributed by atoms with Crippen molar-refractivity contribution in [2.75, 3.05) is 11.9 Å². The summed E-state index contributed by atoms with van der Waals surface area (Å²) >= 11 is 6.60. The van der Waals surface area contributed by atoms with Crippen LogP contribution in [0.3, 0.4) is 0 Å². The van der Waals surface area contributed by atoms with Crippen molar-refractivity contribution in [1.82, 2.24) is 9.97 Å². The van der Waals surface area contributed by atoms with Crippen LogP contribution in [0.5, 0.6) is 0 Å². The highest BCUT2D eigenvalue weighted by Gasteiger charge is 2.27. The Morgan fingerprint density at radius 3 is 2.60 bits per heavy atom. The first-order valence-electron chi connectivity index (χ1n) is 8.50. The second-order valence-electron chi connectivity index (χ2n) is 6.73. The quantitative estimate of drug-likeness (QED) is 0.540. The van der Waals surface area contributed by atoms with E-state index in [1.54, 1.807) is 0 Å². The Hall–Kier alpha value is -2.39. The van der Waals surface area contributed by atoms with Crippen molar-refractivity contribution in [2.24, 2.45) is 0 Å². The summed E-state index contributed by atoms with van der Waals surface area (Å²) in [6.45, 7) is 4.37. The zero-order valence-electron chi connectivity index (χ0n) is 14.6. The fourth-order valence-corrected chi connectivity index (χ4v) is 3.76. The summed E-state index contributed by atoms with van der Waals surface area (Å²) in [6, 6.07) is 16.6. The van der Waals surface area contributed by atoms with Crippen LogP contribution in [0.15, 0.2) is 48.5 Å². The Morgan fingerprint density at radius 2 is 1.84 bits per heavy atom. The molecule has 0 spiro atoms. The third-order valence-electron chi connectivity index (χ3n) is 4.87. The summed E-state index contributed by atoms with van der Waals surface area (Å²) in [7, 11) is 2.06. The van der Waals surface area contributed by atoms with Crippen molar-refractivity contribution in [3.05, 3.63) is 70.4 Å². The van der Waals surface area contributed by atoms with E-state index in [-0.39, 0.29) is 0 Å². The fourth-order valence-electron chi connectivity index (χ4n) is 3.52. The van der Waals surface area contributed by atoms with E-state index in [4.69, 9.17) is 16.6 Å². The van der Waals surface area contributed by atoms with Gasteiger partial charge in [0.25, 0.3) is 0 Å². The van der Waals surface area contributed by atoms with Crippen LogP contribution < -0.4 is 4.90 Å². The number of nitrogens with zero attached hydrogens (tertiary/aromatic N) is 3. The number of fused-ring (bicyclic) bond motifs is 2. The first-order chi connectivity index (χ1) is 12.0. The number of anilines is 2. The standard InChI is InChI=1S/C21H20ClN3/c1-13-9-10-18-16(11-13)14(2)12-17-19(22)23-20(24-21(17)25(18)3)15-7-5-4-6-8-15/h4-11,14H,12H2,1-3H3. The normalized spacial score (nSPS) is 16.2. The average molecular weight is 350 g/mol. The van der Waals surface area contributed by atoms with Crippen molar-refractivity contribution in [2.45, 2.75) is 26.2 Å². The molecule has 0 fully saturated rings. The molecule has 0 saturated carbocycles. The summed E-state index contributed by atoms with van der Waals surface area (Å²) < 4.78 is 0. The van der Waals surface area contributed by atoms with Crippen LogP contribution in [0.1, 0.15) is 29.5 Å². The first-order valence-corrected chi connectivity index (χ1v) is 8.88. The highest BCUT2D eigenvalue weighted by molar-refractivity contribution is 6.30. The van der Waals surface area contributed by atoms with Crippen molar-refractivity contribution < 1.29 is 0 Å². The van der Waals surface area contributed by atoms with Gasteiger partial charge in [0.15, 0.2) is 5.82 Å². The monoisotopic (exact) mass is 349 g/mol. The van der Waals surface area contributed by atoms with Crippen molar-refractivity contribution in [1.29, 1.82) is 0 Å². The maximum atomic E-state index is 6.60. The lowest BCUT2D eigenvalue weighted by molar-refractivity contribution is 0.763. The van der Waals surface area contributed by atoms with E-state index < -0.39 is 0 Å². The zero-order chi connectivity index (χ0) is 17.6. The molecule has 25 heavy (non-hydrogen) atoms. The summed E-state index contributed by atoms with van der Waals surface area (Å²) in [5.74, 6) is 1.93. The lowest BCUT2D eigenvalue weighted by Gasteiger charge is -2.22. The Labute approximate surface area is 153 Å². The second kappa shape index (κ2) is 6.16. The van der Waals surface area contributed by atoms with Gasteiger partial charge in [-0.3, -0.25) is 0 Å². The number of hydrogen-bond donors (Lipinski definition) is 0. The summed E-state index contributed by atoms with van der Waals surface area (Å²) in [5, 5.41) is 0.548. The molecule has 1 aliphatic heterocycles. The van der Waals surface area contributed by atoms with Gasteiger partial charge < -0.3 is 4.90 Å². The van der Waals surface area contributed by atoms with Crippen LogP contribution >= 0.6 is 11.6 Å². The predicted molar refractivity (Wildman–Crippen MR) is 104 cm³/mol. The van der Waals surface area contributed by atoms with Gasteiger partial charge in [0.05, 0.1) is 0 Å². The van der Waals surface area contributed by atoms with Gasteiger partial charge in [-0.25, -0.2) is 9.97 Å². The fraction of sp³-hybridized carbons (Fsp3) is 0.238. The number of aryl methyl sites for hydroxylation is 1. The van der Waals surface area contributed by atoms with E-state index in [2.05, 4.69) is 49.0 Å². The van der Waals surface area contributed by atoms with Crippen LogP contribution in [-0.4, -0.2) is 17.0 Å². The second-order valence-corrected chi connectivity index (χ2v) is 7.09. The van der Waals surface area contributed by atoms with Crippen LogP contribution in [0.4, 0.5) is 11.5 Å². The van der Waals surface area contributed by atoms with E-state index in [9.17, 15) is 0 Å². The van der Waals surface area contributed by atoms with Crippen LogP contribution in [0.2, 0.25) is 5.15 Å². The van der Waals surface area contributed by atoms with E-state index in [1.165, 1.54) is 16.8 Å². The minimum absolute atomic E-state index is 0.363. The van der Waals surface area contributed by atoms with E-state index in [0.29, 0.717) is 16.9 Å². The van der Waals surface area contributed by atoms with Crippen LogP contribution in [-0.2, 0) is 6.42 Å². The minimum atomic E-state index is 0.363. The average Bonchev–Trinajstić information content (AvgIpc) is 2.72. The molecule has 2 aromatic carbocycles. The smallest absolute Gasteiger partial charge is 0.163 e. The number of aromatic nitrogens is 2. The molecule has 4 rings (SSSR count). The molecule has 0 aliphatic carbocycles. The topological polar surface area (TPSA) is 29.0 Å². The van der Waals surface area contributed by atoms with Gasteiger partial charge in [-0.2, -0.15) is 0 Å². The molecule has 0 N–H and O–H groups in total. The van der Waals surface area contributed by atoms with Gasteiger partial charge in [0.2, 0.25) is 0 Å². The van der Waals surface area contributed by atoms with Gasteiger partial charge >= 0.3 is 0 Å². The van der Waals surface area contributed by atoms with Crippen molar-refractivity contribution in [3.63, 3.8) is 0 Å². The van der Waals surface area contributed by atoms with E-state index in [0.717, 1.165) is 23.4 Å². The Bertz CT molecular complexity index is 937. The molecule has 2 heterocycles. The molecule has 3 aromatic rings. The lowest BCUT2D eigenvalue weighted by atomic mass is 9.93. The third-order valence-corrected chi connectivity index (χ3v) is 5.18. The molecular formula is C21H20ClN3. The molecular weight excluding hydrogens is 330 g/mol. The largest absolute Gasteiger partial charge is 0.329 e. The maximum Gasteiger partial charge on any atom is 0.163 e. The number of rotatable bonds is 1. The molecule has 1 aliphatic rings. The third kappa shape index (κ3) is 2.79. The number of benzene rings is 2. The molecule has 1 atom stereocenters. The molecule has 126 valence electrons. The van der Waals surface area contributed by atoms with Gasteiger partial charge in [0, 0.05) is 23.9 Å². The van der Waals surface area contributed by atoms with Crippen LogP contribution in [0, 0.1) is 6.92 Å². The summed E-state index contributed by atoms with van der Waals surface area (Å²) in [4.78, 5) is 11.6. The maximum absolute atomic E-state index is 6.60. The van der Waals surface area contributed by atoms with Gasteiger partial charge in [0.1, 0.15) is 11.0 Å². The first kappa shape index (κ1) is 16.1. The van der Waals surface area contributed by atoms with Gasteiger partial charge in [-0.1, -0.05) is 66.6 Å². The number of hydrogen-bond acceptors (Lipinski definition) is 3. The molecule has 1 unspecified atom stereocenters. The van der Waals surface area contributed by atoms with E-state index in [1.807, 2.05) is 30.3 Å². The molecule has 0 radical (unpaired) electrons. The van der Waals surface area contributed by atoms with Gasteiger partial charge in [-0.15, -0.1) is 0 Å². The Morgan fingerprint density at radius 1 is 1.08 bits per heavy atom. The zero-order valence-corrected chi connectivity index (χ0v) is 15.4. The molecule has 0 saturated heterocycles. The Kier molecular flexibility index (Phi) is 3.97. The van der Waals surface area contributed by atoms with Crippen molar-refractivity contribution >= 4 is 23.1 Å². The molecule has 0 amide bonds. The van der Waals surface area contributed by atoms with Crippen molar-refractivity contribution in [3.8, 4) is 11.4 Å². The minimum Gasteiger partial charge on any atom is -0.329 e. The highest BCUT2D eigenvalue weighted by Crippen LogP contribution is 2.41. The molecule has 0 bridgehead atoms. The number of halogens is 1.